The predicted molar refractivity (Wildman–Crippen MR) is 80.2 cm³/mol. The molecule has 1 saturated carbocycles. The standard InChI is InChI=1S/C14H17BrN2O3/c15-9-10-16(12-3-1-2-4-12)14(18)11-5-7-13(8-6-11)17(19)20/h5-8,12H,1-4,9-10H2. The van der Waals surface area contributed by atoms with Crippen molar-refractivity contribution in [2.45, 2.75) is 31.7 Å². The summed E-state index contributed by atoms with van der Waals surface area (Å²) in [5.74, 6) is -0.0359. The fraction of sp³-hybridized carbons (Fsp3) is 0.500. The molecule has 20 heavy (non-hydrogen) atoms. The summed E-state index contributed by atoms with van der Waals surface area (Å²) >= 11 is 3.39. The summed E-state index contributed by atoms with van der Waals surface area (Å²) < 4.78 is 0. The van der Waals surface area contributed by atoms with Gasteiger partial charge in [0, 0.05) is 35.6 Å². The zero-order chi connectivity index (χ0) is 14.5. The maximum Gasteiger partial charge on any atom is 0.269 e. The van der Waals surface area contributed by atoms with Crippen LogP contribution in [0.4, 0.5) is 5.69 Å². The number of nitro groups is 1. The molecule has 1 aromatic rings. The number of carbonyl (C=O) groups excluding carboxylic acids is 1. The first kappa shape index (κ1) is 15.0. The van der Waals surface area contributed by atoms with Crippen molar-refractivity contribution < 1.29 is 9.72 Å². The van der Waals surface area contributed by atoms with E-state index in [1.54, 1.807) is 0 Å². The van der Waals surface area contributed by atoms with Crippen molar-refractivity contribution in [3.05, 3.63) is 39.9 Å². The summed E-state index contributed by atoms with van der Waals surface area (Å²) in [4.78, 5) is 24.6. The number of halogens is 1. The highest BCUT2D eigenvalue weighted by molar-refractivity contribution is 9.09. The van der Waals surface area contributed by atoms with Gasteiger partial charge in [-0.3, -0.25) is 14.9 Å². The van der Waals surface area contributed by atoms with Crippen LogP contribution in [0.15, 0.2) is 24.3 Å². The van der Waals surface area contributed by atoms with Crippen LogP contribution >= 0.6 is 15.9 Å². The van der Waals surface area contributed by atoms with Crippen LogP contribution < -0.4 is 0 Å². The Morgan fingerprint density at radius 2 is 1.90 bits per heavy atom. The molecule has 1 fully saturated rings. The van der Waals surface area contributed by atoms with E-state index in [-0.39, 0.29) is 11.6 Å². The first-order valence-electron chi connectivity index (χ1n) is 6.75. The van der Waals surface area contributed by atoms with Gasteiger partial charge >= 0.3 is 0 Å². The lowest BCUT2D eigenvalue weighted by Crippen LogP contribution is -2.40. The van der Waals surface area contributed by atoms with E-state index in [0.29, 0.717) is 18.2 Å². The second-order valence-electron chi connectivity index (χ2n) is 4.93. The van der Waals surface area contributed by atoms with Gasteiger partial charge in [-0.25, -0.2) is 0 Å². The maximum absolute atomic E-state index is 12.5. The zero-order valence-electron chi connectivity index (χ0n) is 11.1. The lowest BCUT2D eigenvalue weighted by atomic mass is 10.1. The van der Waals surface area contributed by atoms with Crippen molar-refractivity contribution in [2.24, 2.45) is 0 Å². The van der Waals surface area contributed by atoms with E-state index in [2.05, 4.69) is 15.9 Å². The first-order chi connectivity index (χ1) is 9.63. The van der Waals surface area contributed by atoms with Crippen molar-refractivity contribution in [3.63, 3.8) is 0 Å². The summed E-state index contributed by atoms with van der Waals surface area (Å²) in [5.41, 5.74) is 0.526. The van der Waals surface area contributed by atoms with Gasteiger partial charge in [0.25, 0.3) is 11.6 Å². The third-order valence-electron chi connectivity index (χ3n) is 3.68. The number of nitrogens with zero attached hydrogens (tertiary/aromatic N) is 2. The third kappa shape index (κ3) is 3.36. The second-order valence-corrected chi connectivity index (χ2v) is 5.72. The van der Waals surface area contributed by atoms with Gasteiger partial charge in [-0.2, -0.15) is 0 Å². The van der Waals surface area contributed by atoms with Crippen molar-refractivity contribution >= 4 is 27.5 Å². The van der Waals surface area contributed by atoms with Crippen LogP contribution in [0.25, 0.3) is 0 Å². The minimum atomic E-state index is -0.457. The van der Waals surface area contributed by atoms with Gasteiger partial charge in [-0.15, -0.1) is 0 Å². The summed E-state index contributed by atoms with van der Waals surface area (Å²) in [6.07, 6.45) is 4.42. The Hall–Kier alpha value is -1.43. The zero-order valence-corrected chi connectivity index (χ0v) is 12.7. The molecule has 0 radical (unpaired) electrons. The minimum absolute atomic E-state index is 0.00876. The average molecular weight is 341 g/mol. The molecule has 6 heteroatoms. The quantitative estimate of drug-likeness (QED) is 0.469. The van der Waals surface area contributed by atoms with Crippen LogP contribution in [-0.2, 0) is 0 Å². The number of amides is 1. The molecule has 0 aromatic heterocycles. The van der Waals surface area contributed by atoms with Crippen LogP contribution in [0.5, 0.6) is 0 Å². The Bertz CT molecular complexity index is 484. The van der Waals surface area contributed by atoms with Crippen LogP contribution in [-0.4, -0.2) is 33.6 Å². The first-order valence-corrected chi connectivity index (χ1v) is 7.87. The van der Waals surface area contributed by atoms with Gasteiger partial charge in [0.05, 0.1) is 4.92 Å². The lowest BCUT2D eigenvalue weighted by molar-refractivity contribution is -0.384. The number of benzene rings is 1. The number of carbonyl (C=O) groups is 1. The molecule has 0 saturated heterocycles. The maximum atomic E-state index is 12.5. The van der Waals surface area contributed by atoms with E-state index in [9.17, 15) is 14.9 Å². The molecule has 1 amide bonds. The highest BCUT2D eigenvalue weighted by Crippen LogP contribution is 2.25. The number of alkyl halides is 1. The normalized spacial score (nSPS) is 15.2. The van der Waals surface area contributed by atoms with Gasteiger partial charge in [0.2, 0.25) is 0 Å². The Balaban J connectivity index is 2.15. The second kappa shape index (κ2) is 6.83. The predicted octanol–water partition coefficient (Wildman–Crippen LogP) is 3.37. The monoisotopic (exact) mass is 340 g/mol. The smallest absolute Gasteiger partial charge is 0.269 e. The number of non-ortho nitro benzene ring substituents is 1. The van der Waals surface area contributed by atoms with Crippen LogP contribution in [0, 0.1) is 10.1 Å². The minimum Gasteiger partial charge on any atom is -0.335 e. The summed E-state index contributed by atoms with van der Waals surface area (Å²) in [6, 6.07) is 6.14. The summed E-state index contributed by atoms with van der Waals surface area (Å²) in [6.45, 7) is 0.667. The van der Waals surface area contributed by atoms with Gasteiger partial charge < -0.3 is 4.90 Å². The lowest BCUT2D eigenvalue weighted by Gasteiger charge is -2.28. The molecule has 0 atom stereocenters. The molecule has 0 spiro atoms. The van der Waals surface area contributed by atoms with Crippen LogP contribution in [0.1, 0.15) is 36.0 Å². The molecule has 0 bridgehead atoms. The molecule has 2 rings (SSSR count). The van der Waals surface area contributed by atoms with Crippen LogP contribution in [0.2, 0.25) is 0 Å². The molecule has 0 aliphatic heterocycles. The number of nitro benzene ring substituents is 1. The average Bonchev–Trinajstić information content (AvgIpc) is 2.98. The van der Waals surface area contributed by atoms with Gasteiger partial charge in [0.15, 0.2) is 0 Å². The van der Waals surface area contributed by atoms with E-state index in [4.69, 9.17) is 0 Å². The molecule has 1 aliphatic carbocycles. The Morgan fingerprint density at radius 1 is 1.30 bits per heavy atom. The van der Waals surface area contributed by atoms with E-state index in [1.165, 1.54) is 24.3 Å². The van der Waals surface area contributed by atoms with Crippen molar-refractivity contribution in [1.82, 2.24) is 4.90 Å². The van der Waals surface area contributed by atoms with Crippen molar-refractivity contribution in [2.75, 3.05) is 11.9 Å². The SMILES string of the molecule is O=C(c1ccc([N+](=O)[O-])cc1)N(CCBr)C1CCCC1. The molecule has 108 valence electrons. The molecular formula is C14H17BrN2O3. The van der Waals surface area contributed by atoms with E-state index in [0.717, 1.165) is 31.0 Å². The molecule has 0 N–H and O–H groups in total. The molecule has 0 unspecified atom stereocenters. The largest absolute Gasteiger partial charge is 0.335 e. The molecule has 0 heterocycles. The molecular weight excluding hydrogens is 324 g/mol. The van der Waals surface area contributed by atoms with Crippen molar-refractivity contribution in [3.8, 4) is 0 Å². The van der Waals surface area contributed by atoms with Crippen LogP contribution in [0.3, 0.4) is 0 Å². The topological polar surface area (TPSA) is 63.4 Å². The molecule has 1 aliphatic rings. The Labute approximate surface area is 126 Å². The number of hydrogen-bond donors (Lipinski definition) is 0. The third-order valence-corrected chi connectivity index (χ3v) is 4.03. The number of hydrogen-bond acceptors (Lipinski definition) is 3. The van der Waals surface area contributed by atoms with Gasteiger partial charge in [0.1, 0.15) is 0 Å². The number of rotatable bonds is 5. The highest BCUT2D eigenvalue weighted by atomic mass is 79.9. The molecule has 5 nitrogen and oxygen atoms in total. The fourth-order valence-electron chi connectivity index (χ4n) is 2.65. The van der Waals surface area contributed by atoms with Gasteiger partial charge in [-0.05, 0) is 25.0 Å². The van der Waals surface area contributed by atoms with E-state index in [1.807, 2.05) is 4.90 Å². The van der Waals surface area contributed by atoms with Crippen molar-refractivity contribution in [1.29, 1.82) is 0 Å². The fourth-order valence-corrected chi connectivity index (χ4v) is 3.03. The summed E-state index contributed by atoms with van der Waals surface area (Å²) in [7, 11) is 0. The summed E-state index contributed by atoms with van der Waals surface area (Å²) in [5, 5.41) is 11.4. The highest BCUT2D eigenvalue weighted by Gasteiger charge is 2.27. The molecule has 1 aromatic carbocycles. The Kier molecular flexibility index (Phi) is 5.11. The Morgan fingerprint density at radius 3 is 2.40 bits per heavy atom. The van der Waals surface area contributed by atoms with E-state index < -0.39 is 4.92 Å². The van der Waals surface area contributed by atoms with E-state index >= 15 is 0 Å². The van der Waals surface area contributed by atoms with Gasteiger partial charge in [-0.1, -0.05) is 28.8 Å².